The Morgan fingerprint density at radius 3 is 3.00 bits per heavy atom. The van der Waals surface area contributed by atoms with Gasteiger partial charge in [0.2, 0.25) is 0 Å². The molecule has 0 unspecified atom stereocenters. The van der Waals surface area contributed by atoms with Crippen molar-refractivity contribution in [1.29, 1.82) is 0 Å². The second kappa shape index (κ2) is 7.38. The zero-order valence-electron chi connectivity index (χ0n) is 12.4. The average molecular weight is 307 g/mol. The number of carbonyl (C=O) groups is 1. The average Bonchev–Trinajstić information content (AvgIpc) is 2.80. The Kier molecular flexibility index (Phi) is 5.52. The van der Waals surface area contributed by atoms with Crippen LogP contribution in [0.1, 0.15) is 36.4 Å². The van der Waals surface area contributed by atoms with Gasteiger partial charge in [-0.15, -0.1) is 11.3 Å². The van der Waals surface area contributed by atoms with E-state index in [0.29, 0.717) is 17.1 Å². The number of nitrogens with two attached hydrogens (primary N) is 1. The van der Waals surface area contributed by atoms with Crippen molar-refractivity contribution >= 4 is 33.1 Å². The van der Waals surface area contributed by atoms with Crippen LogP contribution in [0.25, 0.3) is 10.2 Å². The molecule has 0 radical (unpaired) electrons. The second-order valence-electron chi connectivity index (χ2n) is 5.08. The molecule has 2 aromatic heterocycles. The second-order valence-corrected chi connectivity index (χ2v) is 6.08. The number of amides is 1. The van der Waals surface area contributed by atoms with Crippen LogP contribution in [-0.4, -0.2) is 30.1 Å². The predicted octanol–water partition coefficient (Wildman–Crippen LogP) is 2.81. The topological polar surface area (TPSA) is 77.2 Å². The third-order valence-electron chi connectivity index (χ3n) is 3.02. The number of nitrogen functional groups attached to an aromatic ring is 1. The Bertz CT molecular complexity index is 610. The molecular weight excluding hydrogens is 286 g/mol. The normalized spacial score (nSPS) is 11.2. The largest absolute Gasteiger partial charge is 0.397 e. The Balaban J connectivity index is 1.84. The first kappa shape index (κ1) is 15.7. The lowest BCUT2D eigenvalue weighted by molar-refractivity contribution is 0.0754. The van der Waals surface area contributed by atoms with Crippen LogP contribution in [0.3, 0.4) is 0 Å². The summed E-state index contributed by atoms with van der Waals surface area (Å²) in [7, 11) is 0. The first-order valence-electron chi connectivity index (χ1n) is 7.12. The van der Waals surface area contributed by atoms with Gasteiger partial charge in [0.25, 0.3) is 5.91 Å². The number of fused-ring (bicyclic) bond motifs is 1. The van der Waals surface area contributed by atoms with Gasteiger partial charge in [0.1, 0.15) is 9.71 Å². The van der Waals surface area contributed by atoms with Crippen LogP contribution in [-0.2, 0) is 4.74 Å². The number of hydrogen-bond donors (Lipinski definition) is 2. The lowest BCUT2D eigenvalue weighted by Gasteiger charge is -2.07. The third kappa shape index (κ3) is 4.15. The number of ether oxygens (including phenoxy) is 1. The van der Waals surface area contributed by atoms with Gasteiger partial charge in [-0.3, -0.25) is 4.79 Å². The number of carbonyl (C=O) groups excluding carboxylic acids is 1. The molecule has 21 heavy (non-hydrogen) atoms. The monoisotopic (exact) mass is 307 g/mol. The number of nitrogens with one attached hydrogen (secondary N) is 1. The molecule has 3 N–H and O–H groups in total. The minimum Gasteiger partial charge on any atom is -0.397 e. The lowest BCUT2D eigenvalue weighted by Crippen LogP contribution is -2.24. The van der Waals surface area contributed by atoms with Crippen molar-refractivity contribution in [2.75, 3.05) is 18.9 Å². The van der Waals surface area contributed by atoms with Crippen LogP contribution < -0.4 is 11.1 Å². The number of unbranched alkanes of at least 4 members (excludes halogenated alkanes) is 1. The van der Waals surface area contributed by atoms with Crippen LogP contribution in [0.2, 0.25) is 0 Å². The van der Waals surface area contributed by atoms with Crippen molar-refractivity contribution in [3.8, 4) is 0 Å². The number of hydrogen-bond acceptors (Lipinski definition) is 5. The molecule has 0 fully saturated rings. The van der Waals surface area contributed by atoms with Crippen LogP contribution in [0.4, 0.5) is 5.69 Å². The molecule has 2 aromatic rings. The minimum atomic E-state index is -0.125. The Morgan fingerprint density at radius 1 is 1.48 bits per heavy atom. The van der Waals surface area contributed by atoms with E-state index < -0.39 is 0 Å². The molecular formula is C15H21N3O2S. The van der Waals surface area contributed by atoms with Gasteiger partial charge in [0, 0.05) is 24.7 Å². The van der Waals surface area contributed by atoms with Gasteiger partial charge in [-0.05, 0) is 38.8 Å². The number of pyridine rings is 1. The maximum Gasteiger partial charge on any atom is 0.263 e. The van der Waals surface area contributed by atoms with Crippen molar-refractivity contribution in [1.82, 2.24) is 10.3 Å². The number of rotatable bonds is 7. The molecule has 0 aromatic carbocycles. The molecule has 6 heteroatoms. The van der Waals surface area contributed by atoms with Crippen molar-refractivity contribution in [3.63, 3.8) is 0 Å². The zero-order chi connectivity index (χ0) is 15.2. The zero-order valence-corrected chi connectivity index (χ0v) is 13.2. The van der Waals surface area contributed by atoms with E-state index in [-0.39, 0.29) is 12.0 Å². The molecule has 0 bridgehead atoms. The van der Waals surface area contributed by atoms with Crippen LogP contribution in [0.5, 0.6) is 0 Å². The summed E-state index contributed by atoms with van der Waals surface area (Å²) < 4.78 is 5.45. The smallest absolute Gasteiger partial charge is 0.263 e. The Morgan fingerprint density at radius 2 is 2.29 bits per heavy atom. The first-order chi connectivity index (χ1) is 10.1. The molecule has 0 saturated carbocycles. The SMILES string of the molecule is CC(C)OCCCCNC(=O)c1sc2ncccc2c1N. The fourth-order valence-electron chi connectivity index (χ4n) is 1.95. The number of thiophene rings is 1. The highest BCUT2D eigenvalue weighted by Gasteiger charge is 2.16. The maximum absolute atomic E-state index is 12.1. The Hall–Kier alpha value is -1.66. The number of anilines is 1. The van der Waals surface area contributed by atoms with Crippen molar-refractivity contribution in [2.24, 2.45) is 0 Å². The fourth-order valence-corrected chi connectivity index (χ4v) is 2.93. The van der Waals surface area contributed by atoms with Crippen LogP contribution in [0.15, 0.2) is 18.3 Å². The van der Waals surface area contributed by atoms with Gasteiger partial charge in [-0.2, -0.15) is 0 Å². The van der Waals surface area contributed by atoms with E-state index in [1.54, 1.807) is 6.20 Å². The highest BCUT2D eigenvalue weighted by molar-refractivity contribution is 7.21. The molecule has 0 atom stereocenters. The molecule has 0 saturated heterocycles. The first-order valence-corrected chi connectivity index (χ1v) is 7.94. The Labute approximate surface area is 128 Å². The lowest BCUT2D eigenvalue weighted by atomic mass is 10.2. The molecule has 0 aliphatic rings. The maximum atomic E-state index is 12.1. The summed E-state index contributed by atoms with van der Waals surface area (Å²) in [5, 5.41) is 3.74. The summed E-state index contributed by atoms with van der Waals surface area (Å²) >= 11 is 1.33. The van der Waals surface area contributed by atoms with E-state index in [1.165, 1.54) is 11.3 Å². The molecule has 114 valence electrons. The number of nitrogens with zero attached hydrogens (tertiary/aromatic N) is 1. The van der Waals surface area contributed by atoms with Crippen molar-refractivity contribution in [2.45, 2.75) is 32.8 Å². The summed E-state index contributed by atoms with van der Waals surface area (Å²) in [5.41, 5.74) is 6.53. The van der Waals surface area contributed by atoms with E-state index in [9.17, 15) is 4.79 Å². The molecule has 0 aliphatic heterocycles. The summed E-state index contributed by atoms with van der Waals surface area (Å²) in [6.45, 7) is 5.38. The summed E-state index contributed by atoms with van der Waals surface area (Å²) in [4.78, 5) is 17.7. The molecule has 0 aliphatic carbocycles. The molecule has 2 rings (SSSR count). The van der Waals surface area contributed by atoms with E-state index in [4.69, 9.17) is 10.5 Å². The van der Waals surface area contributed by atoms with Crippen LogP contribution in [0, 0.1) is 0 Å². The fraction of sp³-hybridized carbons (Fsp3) is 0.467. The molecule has 0 spiro atoms. The van der Waals surface area contributed by atoms with E-state index in [1.807, 2.05) is 26.0 Å². The van der Waals surface area contributed by atoms with Gasteiger partial charge in [-0.1, -0.05) is 0 Å². The molecule has 5 nitrogen and oxygen atoms in total. The van der Waals surface area contributed by atoms with Gasteiger partial charge in [0.15, 0.2) is 0 Å². The highest BCUT2D eigenvalue weighted by Crippen LogP contribution is 2.31. The van der Waals surface area contributed by atoms with Gasteiger partial charge in [-0.25, -0.2) is 4.98 Å². The minimum absolute atomic E-state index is 0.125. The predicted molar refractivity (Wildman–Crippen MR) is 86.7 cm³/mol. The molecule has 1 amide bonds. The third-order valence-corrected chi connectivity index (χ3v) is 4.15. The summed E-state index contributed by atoms with van der Waals surface area (Å²) in [5.74, 6) is -0.125. The number of aromatic nitrogens is 1. The van der Waals surface area contributed by atoms with Crippen LogP contribution >= 0.6 is 11.3 Å². The van der Waals surface area contributed by atoms with Crippen molar-refractivity contribution in [3.05, 3.63) is 23.2 Å². The van der Waals surface area contributed by atoms with E-state index in [0.717, 1.165) is 29.7 Å². The van der Waals surface area contributed by atoms with Gasteiger partial charge in [0.05, 0.1) is 11.8 Å². The van der Waals surface area contributed by atoms with Gasteiger partial charge < -0.3 is 15.8 Å². The van der Waals surface area contributed by atoms with Crippen molar-refractivity contribution < 1.29 is 9.53 Å². The molecule has 2 heterocycles. The van der Waals surface area contributed by atoms with Gasteiger partial charge >= 0.3 is 0 Å². The highest BCUT2D eigenvalue weighted by atomic mass is 32.1. The quantitative estimate of drug-likeness (QED) is 0.771. The summed E-state index contributed by atoms with van der Waals surface area (Å²) in [6, 6.07) is 3.70. The summed E-state index contributed by atoms with van der Waals surface area (Å²) in [6.07, 6.45) is 3.78. The van der Waals surface area contributed by atoms with E-state index in [2.05, 4.69) is 10.3 Å². The standard InChI is InChI=1S/C15H21N3O2S/c1-10(2)20-9-4-3-7-17-14(19)13-12(16)11-6-5-8-18-15(11)21-13/h5-6,8,10H,3-4,7,9,16H2,1-2H3,(H,17,19). The van der Waals surface area contributed by atoms with E-state index >= 15 is 0 Å².